The second-order valence-corrected chi connectivity index (χ2v) is 8.47. The predicted molar refractivity (Wildman–Crippen MR) is 73.9 cm³/mol. The van der Waals surface area contributed by atoms with Crippen LogP contribution in [0.2, 0.25) is 0 Å². The van der Waals surface area contributed by atoms with Gasteiger partial charge in [0.25, 0.3) is 17.8 Å². The summed E-state index contributed by atoms with van der Waals surface area (Å²) >= 11 is 0. The second kappa shape index (κ2) is 4.53. The van der Waals surface area contributed by atoms with Crippen molar-refractivity contribution in [2.24, 2.45) is 5.41 Å². The Hall–Kier alpha value is -1.25. The second-order valence-electron chi connectivity index (χ2n) is 8.47. The van der Waals surface area contributed by atoms with E-state index in [0.29, 0.717) is 4.90 Å². The molecule has 0 aromatic carbocycles. The minimum atomic E-state index is -3.75. The first-order valence-electron chi connectivity index (χ1n) is 8.30. The number of aliphatic hydroxyl groups is 1. The topological polar surface area (TPSA) is 57.6 Å². The number of aliphatic hydroxyl groups excluding tert-OH is 1. The van der Waals surface area contributed by atoms with Gasteiger partial charge in [-0.15, -0.1) is 0 Å². The van der Waals surface area contributed by atoms with Crippen LogP contribution in [0.25, 0.3) is 0 Å². The average Bonchev–Trinajstić information content (AvgIpc) is 2.85. The van der Waals surface area contributed by atoms with Crippen molar-refractivity contribution in [3.8, 4) is 0 Å². The van der Waals surface area contributed by atoms with Crippen molar-refractivity contribution in [3.05, 3.63) is 0 Å². The number of hydrogen-bond donors (Lipinski definition) is 1. The van der Waals surface area contributed by atoms with E-state index in [0.717, 1.165) is 0 Å². The molecule has 1 spiro atoms. The van der Waals surface area contributed by atoms with Crippen molar-refractivity contribution < 1.29 is 36.6 Å². The van der Waals surface area contributed by atoms with Gasteiger partial charge in [-0.1, -0.05) is 0 Å². The third-order valence-electron chi connectivity index (χ3n) is 6.40. The molecule has 1 heterocycles. The van der Waals surface area contributed by atoms with Crippen LogP contribution in [0.4, 0.5) is 22.0 Å². The summed E-state index contributed by atoms with van der Waals surface area (Å²) in [5.41, 5.74) is -3.98. The fourth-order valence-corrected chi connectivity index (χ4v) is 5.37. The van der Waals surface area contributed by atoms with Gasteiger partial charge in [0.2, 0.25) is 5.78 Å². The molecule has 140 valence electrons. The van der Waals surface area contributed by atoms with Crippen molar-refractivity contribution in [2.45, 2.75) is 74.1 Å². The molecule has 5 rings (SSSR count). The van der Waals surface area contributed by atoms with Crippen LogP contribution < -0.4 is 0 Å². The lowest BCUT2D eigenvalue weighted by Gasteiger charge is -2.65. The van der Waals surface area contributed by atoms with Crippen LogP contribution in [0.3, 0.4) is 0 Å². The first kappa shape index (κ1) is 17.2. The van der Waals surface area contributed by atoms with Gasteiger partial charge in [0, 0.05) is 19.3 Å². The van der Waals surface area contributed by atoms with E-state index in [4.69, 9.17) is 0 Å². The lowest BCUT2D eigenvalue weighted by atomic mass is 9.41. The molecule has 4 saturated carbocycles. The number of Topliss-reactive ketones (excluding diaryl/α,β-unsaturated/α-hetero) is 1. The molecule has 2 bridgehead atoms. The van der Waals surface area contributed by atoms with E-state index in [1.807, 2.05) is 0 Å². The van der Waals surface area contributed by atoms with E-state index in [1.54, 1.807) is 0 Å². The molecule has 1 amide bonds. The summed E-state index contributed by atoms with van der Waals surface area (Å²) in [5, 5.41) is 9.93. The van der Waals surface area contributed by atoms with Gasteiger partial charge in [-0.2, -0.15) is 0 Å². The Kier molecular flexibility index (Phi) is 3.11. The zero-order valence-corrected chi connectivity index (χ0v) is 13.3. The Morgan fingerprint density at radius 2 is 1.60 bits per heavy atom. The largest absolute Gasteiger partial charge is 0.384 e. The maximum Gasteiger partial charge on any atom is 0.292 e. The highest BCUT2D eigenvalue weighted by atomic mass is 19.3. The van der Waals surface area contributed by atoms with E-state index in [9.17, 15) is 36.6 Å². The highest BCUT2D eigenvalue weighted by molar-refractivity contribution is 6.36. The van der Waals surface area contributed by atoms with Crippen molar-refractivity contribution >= 4 is 11.7 Å². The number of halogens is 5. The van der Waals surface area contributed by atoms with E-state index in [2.05, 4.69) is 0 Å². The quantitative estimate of drug-likeness (QED) is 0.615. The highest BCUT2D eigenvalue weighted by Gasteiger charge is 2.71. The first-order valence-corrected chi connectivity index (χ1v) is 8.30. The number of amides is 1. The summed E-state index contributed by atoms with van der Waals surface area (Å²) in [4.78, 5) is 25.2. The molecule has 4 aliphatic carbocycles. The van der Waals surface area contributed by atoms with Crippen LogP contribution in [-0.4, -0.2) is 57.4 Å². The van der Waals surface area contributed by atoms with Crippen molar-refractivity contribution in [1.82, 2.24) is 4.90 Å². The fraction of sp³-hybridized carbons (Fsp3) is 0.875. The number of nitrogens with zero attached hydrogens (tertiary/aromatic N) is 1. The van der Waals surface area contributed by atoms with Gasteiger partial charge in [0.15, 0.2) is 0 Å². The normalized spacial score (nSPS) is 46.0. The van der Waals surface area contributed by atoms with E-state index >= 15 is 0 Å². The van der Waals surface area contributed by atoms with Crippen LogP contribution in [0.5, 0.6) is 0 Å². The lowest BCUT2D eigenvalue weighted by Crippen LogP contribution is -2.65. The molecule has 1 N–H and O–H groups in total. The smallest absolute Gasteiger partial charge is 0.292 e. The molecule has 0 aromatic rings. The molecule has 5 aliphatic rings. The Bertz CT molecular complexity index is 646. The molecule has 0 radical (unpaired) electrons. The van der Waals surface area contributed by atoms with Gasteiger partial charge in [0.05, 0.1) is 12.1 Å². The van der Waals surface area contributed by atoms with Gasteiger partial charge in [-0.25, -0.2) is 22.0 Å². The molecule has 0 aromatic heterocycles. The monoisotopic (exact) mass is 367 g/mol. The Morgan fingerprint density at radius 1 is 1.00 bits per heavy atom. The van der Waals surface area contributed by atoms with Gasteiger partial charge in [-0.05, 0) is 31.1 Å². The standard InChI is InChI=1S/C16H18F5NO3/c17-13-4-12(5-13,6-13)3-9(23)10(24)22-8-16(20,21)11(25)14(22)1-2-15(18,19)7-14/h11,25H,1-8H2/t11-,12?,13?,14-/m0/s1. The van der Waals surface area contributed by atoms with Crippen molar-refractivity contribution in [3.63, 3.8) is 0 Å². The number of alkyl halides is 5. The zero-order valence-electron chi connectivity index (χ0n) is 13.3. The van der Waals surface area contributed by atoms with E-state index < -0.39 is 72.1 Å². The molecular weight excluding hydrogens is 349 g/mol. The molecular formula is C16H18F5NO3. The first-order chi connectivity index (χ1) is 11.3. The van der Waals surface area contributed by atoms with Crippen molar-refractivity contribution in [1.29, 1.82) is 0 Å². The third-order valence-corrected chi connectivity index (χ3v) is 6.40. The van der Waals surface area contributed by atoms with Crippen molar-refractivity contribution in [2.75, 3.05) is 6.54 Å². The van der Waals surface area contributed by atoms with Gasteiger partial charge in [-0.3, -0.25) is 9.59 Å². The number of rotatable bonds is 3. The van der Waals surface area contributed by atoms with Crippen LogP contribution in [0.15, 0.2) is 0 Å². The number of ketones is 1. The highest BCUT2D eigenvalue weighted by Crippen LogP contribution is 2.71. The fourth-order valence-electron chi connectivity index (χ4n) is 5.37. The summed E-state index contributed by atoms with van der Waals surface area (Å²) in [5.74, 6) is -9.28. The molecule has 1 aliphatic heterocycles. The van der Waals surface area contributed by atoms with Crippen LogP contribution in [0, 0.1) is 5.41 Å². The maximum atomic E-state index is 14.0. The Morgan fingerprint density at radius 3 is 2.08 bits per heavy atom. The number of carbonyl (C=O) groups excluding carboxylic acids is 2. The Labute approximate surface area is 140 Å². The van der Waals surface area contributed by atoms with E-state index in [-0.39, 0.29) is 25.7 Å². The molecule has 9 heteroatoms. The summed E-state index contributed by atoms with van der Waals surface area (Å²) in [6.45, 7) is -1.26. The molecule has 4 nitrogen and oxygen atoms in total. The average molecular weight is 367 g/mol. The zero-order chi connectivity index (χ0) is 18.5. The third kappa shape index (κ3) is 2.27. The Balaban J connectivity index is 1.55. The minimum Gasteiger partial charge on any atom is -0.384 e. The van der Waals surface area contributed by atoms with E-state index in [1.165, 1.54) is 0 Å². The van der Waals surface area contributed by atoms with Crippen LogP contribution >= 0.6 is 0 Å². The van der Waals surface area contributed by atoms with Gasteiger partial charge >= 0.3 is 0 Å². The lowest BCUT2D eigenvalue weighted by molar-refractivity contribution is -0.216. The van der Waals surface area contributed by atoms with Crippen LogP contribution in [-0.2, 0) is 9.59 Å². The van der Waals surface area contributed by atoms with Crippen LogP contribution in [0.1, 0.15) is 44.9 Å². The SMILES string of the molecule is O=C(CC12CC(F)(C1)C2)C(=O)N1CC(F)(F)[C@@H](O)[C@@]12CCC(F)(F)C2. The predicted octanol–water partition coefficient (Wildman–Crippen LogP) is 2.23. The molecule has 2 atom stereocenters. The number of carbonyl (C=O) groups is 2. The number of likely N-dealkylation sites (tertiary alicyclic amines) is 1. The number of hydrogen-bond acceptors (Lipinski definition) is 3. The molecule has 25 heavy (non-hydrogen) atoms. The maximum absolute atomic E-state index is 14.0. The summed E-state index contributed by atoms with van der Waals surface area (Å²) in [6, 6.07) is 0. The summed E-state index contributed by atoms with van der Waals surface area (Å²) < 4.78 is 68.8. The van der Waals surface area contributed by atoms with Gasteiger partial charge < -0.3 is 10.0 Å². The van der Waals surface area contributed by atoms with Gasteiger partial charge in [0.1, 0.15) is 11.8 Å². The molecule has 0 unspecified atom stereocenters. The molecule has 5 fully saturated rings. The molecule has 1 saturated heterocycles. The summed E-state index contributed by atoms with van der Waals surface area (Å²) in [6.07, 6.45) is -4.50. The minimum absolute atomic E-state index is 0.168. The summed E-state index contributed by atoms with van der Waals surface area (Å²) in [7, 11) is 0.